The summed E-state index contributed by atoms with van der Waals surface area (Å²) in [6, 6.07) is 9.94. The SMILES string of the molecule is O=C(CCc1ccc(-c2ccccc2F)o1)Nc1nnc(C2CC2)s1. The fourth-order valence-electron chi connectivity index (χ4n) is 2.52. The maximum Gasteiger partial charge on any atom is 0.226 e. The van der Waals surface area contributed by atoms with Gasteiger partial charge >= 0.3 is 0 Å². The zero-order valence-electron chi connectivity index (χ0n) is 13.4. The van der Waals surface area contributed by atoms with Gasteiger partial charge in [0.1, 0.15) is 22.3 Å². The van der Waals surface area contributed by atoms with Gasteiger partial charge in [0.05, 0.1) is 5.56 Å². The van der Waals surface area contributed by atoms with Crippen molar-refractivity contribution in [1.82, 2.24) is 10.2 Å². The molecule has 1 aliphatic carbocycles. The van der Waals surface area contributed by atoms with Crippen LogP contribution in [0.4, 0.5) is 9.52 Å². The van der Waals surface area contributed by atoms with Crippen LogP contribution >= 0.6 is 11.3 Å². The molecule has 0 unspecified atom stereocenters. The van der Waals surface area contributed by atoms with E-state index in [4.69, 9.17) is 4.42 Å². The van der Waals surface area contributed by atoms with E-state index in [0.717, 1.165) is 17.8 Å². The van der Waals surface area contributed by atoms with Gasteiger partial charge < -0.3 is 9.73 Å². The van der Waals surface area contributed by atoms with Crippen LogP contribution in [0.2, 0.25) is 0 Å². The fraction of sp³-hybridized carbons (Fsp3) is 0.278. The summed E-state index contributed by atoms with van der Waals surface area (Å²) in [7, 11) is 0. The van der Waals surface area contributed by atoms with Gasteiger partial charge in [-0.2, -0.15) is 0 Å². The molecule has 1 aliphatic rings. The Bertz CT molecular complexity index is 901. The minimum atomic E-state index is -0.330. The van der Waals surface area contributed by atoms with E-state index in [0.29, 0.717) is 34.6 Å². The van der Waals surface area contributed by atoms with Crippen molar-refractivity contribution < 1.29 is 13.6 Å². The first kappa shape index (κ1) is 16.0. The molecule has 0 saturated heterocycles. The van der Waals surface area contributed by atoms with E-state index in [1.165, 1.54) is 17.4 Å². The summed E-state index contributed by atoms with van der Waals surface area (Å²) in [5.74, 6) is 1.17. The summed E-state index contributed by atoms with van der Waals surface area (Å²) < 4.78 is 19.4. The minimum Gasteiger partial charge on any atom is -0.461 e. The van der Waals surface area contributed by atoms with Crippen LogP contribution in [0.1, 0.15) is 35.9 Å². The largest absolute Gasteiger partial charge is 0.461 e. The molecular formula is C18H16FN3O2S. The molecule has 7 heteroatoms. The molecule has 4 rings (SSSR count). The Hall–Kier alpha value is -2.54. The number of hydrogen-bond donors (Lipinski definition) is 1. The van der Waals surface area contributed by atoms with Crippen molar-refractivity contribution in [3.63, 3.8) is 0 Å². The van der Waals surface area contributed by atoms with Crippen LogP contribution in [0, 0.1) is 5.82 Å². The highest BCUT2D eigenvalue weighted by Crippen LogP contribution is 2.42. The molecule has 128 valence electrons. The topological polar surface area (TPSA) is 68.0 Å². The first-order valence-corrected chi connectivity index (χ1v) is 8.97. The number of rotatable bonds is 6. The van der Waals surface area contributed by atoms with Crippen molar-refractivity contribution in [3.8, 4) is 11.3 Å². The number of carbonyl (C=O) groups excluding carboxylic acids is 1. The number of benzene rings is 1. The number of aromatic nitrogens is 2. The van der Waals surface area contributed by atoms with Gasteiger partial charge in [-0.3, -0.25) is 4.79 Å². The van der Waals surface area contributed by atoms with Gasteiger partial charge in [-0.05, 0) is 37.1 Å². The van der Waals surface area contributed by atoms with E-state index in [-0.39, 0.29) is 18.1 Å². The summed E-state index contributed by atoms with van der Waals surface area (Å²) in [5, 5.41) is 12.4. The molecule has 0 radical (unpaired) electrons. The standard InChI is InChI=1S/C18H16FN3O2S/c19-14-4-2-1-3-13(14)15-9-7-12(24-15)8-10-16(23)20-18-22-21-17(25-18)11-5-6-11/h1-4,7,9,11H,5-6,8,10H2,(H,20,22,23). The average Bonchev–Trinajstić information content (AvgIpc) is 3.17. The Morgan fingerprint density at radius 2 is 2.08 bits per heavy atom. The molecule has 3 aromatic rings. The second-order valence-corrected chi connectivity index (χ2v) is 7.02. The Kier molecular flexibility index (Phi) is 4.31. The Labute approximate surface area is 147 Å². The molecule has 2 aromatic heterocycles. The summed E-state index contributed by atoms with van der Waals surface area (Å²) in [6.45, 7) is 0. The van der Waals surface area contributed by atoms with E-state index < -0.39 is 0 Å². The number of aryl methyl sites for hydroxylation is 1. The van der Waals surface area contributed by atoms with Crippen molar-refractivity contribution in [1.29, 1.82) is 0 Å². The van der Waals surface area contributed by atoms with Crippen molar-refractivity contribution in [2.24, 2.45) is 0 Å². The molecule has 0 bridgehead atoms. The zero-order valence-corrected chi connectivity index (χ0v) is 14.2. The molecule has 1 N–H and O–H groups in total. The summed E-state index contributed by atoms with van der Waals surface area (Å²) in [4.78, 5) is 12.0. The van der Waals surface area contributed by atoms with Gasteiger partial charge in [0, 0.05) is 18.8 Å². The Morgan fingerprint density at radius 1 is 1.24 bits per heavy atom. The molecule has 0 spiro atoms. The summed E-state index contributed by atoms with van der Waals surface area (Å²) in [5.41, 5.74) is 0.416. The van der Waals surface area contributed by atoms with Gasteiger partial charge in [-0.25, -0.2) is 4.39 Å². The number of nitrogens with zero attached hydrogens (tertiary/aromatic N) is 2. The molecule has 1 aromatic carbocycles. The van der Waals surface area contributed by atoms with Crippen LogP contribution in [0.5, 0.6) is 0 Å². The quantitative estimate of drug-likeness (QED) is 0.710. The third-order valence-electron chi connectivity index (χ3n) is 4.01. The van der Waals surface area contributed by atoms with Crippen LogP contribution < -0.4 is 5.32 Å². The van der Waals surface area contributed by atoms with E-state index in [9.17, 15) is 9.18 Å². The lowest BCUT2D eigenvalue weighted by atomic mass is 10.1. The fourth-order valence-corrected chi connectivity index (χ4v) is 3.45. The molecule has 1 saturated carbocycles. The number of hydrogen-bond acceptors (Lipinski definition) is 5. The van der Waals surface area contributed by atoms with E-state index in [1.807, 2.05) is 0 Å². The molecule has 5 nitrogen and oxygen atoms in total. The highest BCUT2D eigenvalue weighted by atomic mass is 32.1. The lowest BCUT2D eigenvalue weighted by Gasteiger charge is -2.00. The van der Waals surface area contributed by atoms with Crippen LogP contribution in [-0.2, 0) is 11.2 Å². The monoisotopic (exact) mass is 357 g/mol. The third-order valence-corrected chi connectivity index (χ3v) is 5.01. The smallest absolute Gasteiger partial charge is 0.226 e. The molecule has 25 heavy (non-hydrogen) atoms. The summed E-state index contributed by atoms with van der Waals surface area (Å²) >= 11 is 1.44. The third kappa shape index (κ3) is 3.76. The molecule has 1 fully saturated rings. The number of carbonyl (C=O) groups is 1. The maximum atomic E-state index is 13.8. The van der Waals surface area contributed by atoms with Crippen molar-refractivity contribution in [3.05, 3.63) is 53.0 Å². The second-order valence-electron chi connectivity index (χ2n) is 6.01. The van der Waals surface area contributed by atoms with Crippen molar-refractivity contribution in [2.75, 3.05) is 5.32 Å². The van der Waals surface area contributed by atoms with Gasteiger partial charge in [0.25, 0.3) is 0 Å². The Morgan fingerprint density at radius 3 is 2.88 bits per heavy atom. The number of amides is 1. The zero-order chi connectivity index (χ0) is 17.2. The predicted molar refractivity (Wildman–Crippen MR) is 92.9 cm³/mol. The van der Waals surface area contributed by atoms with Gasteiger partial charge in [0.15, 0.2) is 0 Å². The maximum absolute atomic E-state index is 13.8. The average molecular weight is 357 g/mol. The highest BCUT2D eigenvalue weighted by molar-refractivity contribution is 7.15. The molecule has 2 heterocycles. The van der Waals surface area contributed by atoms with Crippen LogP contribution in [0.25, 0.3) is 11.3 Å². The first-order chi connectivity index (χ1) is 12.2. The Balaban J connectivity index is 1.33. The van der Waals surface area contributed by atoms with E-state index >= 15 is 0 Å². The number of nitrogens with one attached hydrogen (secondary N) is 1. The highest BCUT2D eigenvalue weighted by Gasteiger charge is 2.27. The second kappa shape index (κ2) is 6.76. The first-order valence-electron chi connectivity index (χ1n) is 8.16. The number of furan rings is 1. The predicted octanol–water partition coefficient (Wildman–Crippen LogP) is 4.39. The van der Waals surface area contributed by atoms with E-state index in [1.54, 1.807) is 30.3 Å². The van der Waals surface area contributed by atoms with Gasteiger partial charge in [-0.1, -0.05) is 23.5 Å². The van der Waals surface area contributed by atoms with Crippen LogP contribution in [0.15, 0.2) is 40.8 Å². The lowest BCUT2D eigenvalue weighted by molar-refractivity contribution is -0.116. The van der Waals surface area contributed by atoms with Crippen LogP contribution in [0.3, 0.4) is 0 Å². The van der Waals surface area contributed by atoms with Gasteiger partial charge in [0.2, 0.25) is 11.0 Å². The number of halogens is 1. The molecule has 1 amide bonds. The molecule has 0 aliphatic heterocycles. The van der Waals surface area contributed by atoms with Crippen LogP contribution in [-0.4, -0.2) is 16.1 Å². The van der Waals surface area contributed by atoms with Gasteiger partial charge in [-0.15, -0.1) is 10.2 Å². The van der Waals surface area contributed by atoms with Crippen molar-refractivity contribution in [2.45, 2.75) is 31.6 Å². The molecular weight excluding hydrogens is 341 g/mol. The molecule has 0 atom stereocenters. The number of anilines is 1. The van der Waals surface area contributed by atoms with Crippen molar-refractivity contribution >= 4 is 22.4 Å². The summed E-state index contributed by atoms with van der Waals surface area (Å²) in [6.07, 6.45) is 3.02. The lowest BCUT2D eigenvalue weighted by Crippen LogP contribution is -2.11. The minimum absolute atomic E-state index is 0.137. The van der Waals surface area contributed by atoms with E-state index in [2.05, 4.69) is 15.5 Å². The normalized spacial score (nSPS) is 13.8.